The number of unbranched alkanes of at least 4 members (excludes halogenated alkanes) is 29. The third-order valence-electron chi connectivity index (χ3n) is 20.5. The van der Waals surface area contributed by atoms with Crippen molar-refractivity contribution in [3.05, 3.63) is 12.2 Å². The molecule has 4 aliphatic rings. The molecule has 32 heteroatoms. The van der Waals surface area contributed by atoms with Crippen LogP contribution in [0.3, 0.4) is 0 Å². The number of ether oxygens (including phenoxy) is 8. The Labute approximate surface area is 624 Å². The molecule has 3 unspecified atom stereocenters. The molecule has 0 radical (unpaired) electrons. The van der Waals surface area contributed by atoms with E-state index in [1.807, 2.05) is 6.08 Å². The van der Waals surface area contributed by atoms with Gasteiger partial charge in [0.25, 0.3) is 11.6 Å². The van der Waals surface area contributed by atoms with Gasteiger partial charge < -0.3 is 136 Å². The highest BCUT2D eigenvalue weighted by Gasteiger charge is 2.62. The summed E-state index contributed by atoms with van der Waals surface area (Å²) < 4.78 is 46.5. The number of amides is 3. The molecule has 4 aliphatic heterocycles. The molecule has 0 aromatic rings. The zero-order valence-corrected chi connectivity index (χ0v) is 62.9. The standard InChI is InChI=1S/C74H133N3O29/c1-5-7-9-11-13-15-17-19-20-21-22-23-24-26-28-30-32-34-36-38-56(88)77-48(49(84)37-35-33-31-29-27-25-18-16-14-12-10-8-6-2)45-99-69-63(93)62(92)65(55(44-81)101-69)102-70-64(94)68(60(90)53(42-79)100-70)106-74(72(97)98)40-51(86)58(76-47(4)83)67(105-74)61(91)54(43-80)103-73(71(95)96)39-50(85)57(75-46(3)82)66(104-73)59(89)52(87)41-78/h35,37,48-55,57-70,78-81,84-87,89-94H,5-34,36,38-45H2,1-4H3,(H,75,82)(H,76,83)(H,77,88)(H,95,96)(H,97,98)/t48-,49+,50-,51-,52+,53+,54+,55+,57+,58+,59+,60-,61+,62+,63?,64+,65+,66?,67?,68-,69+,70-,73+,74-/m0/s1. The summed E-state index contributed by atoms with van der Waals surface area (Å²) in [4.78, 5) is 65.0. The largest absolute Gasteiger partial charge is 0.477 e. The lowest BCUT2D eigenvalue weighted by atomic mass is 9.87. The number of aliphatic hydroxyl groups is 14. The van der Waals surface area contributed by atoms with Crippen LogP contribution >= 0.6 is 0 Å². The van der Waals surface area contributed by atoms with Gasteiger partial charge in [-0.25, -0.2) is 9.59 Å². The van der Waals surface area contributed by atoms with Gasteiger partial charge in [-0.05, 0) is 19.3 Å². The number of carbonyl (C=O) groups is 5. The molecule has 106 heavy (non-hydrogen) atoms. The molecule has 0 bridgehead atoms. The van der Waals surface area contributed by atoms with Gasteiger partial charge in [0.2, 0.25) is 17.7 Å². The Morgan fingerprint density at radius 2 is 0.943 bits per heavy atom. The predicted octanol–water partition coefficient (Wildman–Crippen LogP) is 1.90. The van der Waals surface area contributed by atoms with Crippen molar-refractivity contribution in [2.45, 2.75) is 392 Å². The first-order chi connectivity index (χ1) is 50.7. The van der Waals surface area contributed by atoms with Crippen LogP contribution in [0.25, 0.3) is 0 Å². The Hall–Kier alpha value is -3.79. The van der Waals surface area contributed by atoms with Crippen LogP contribution in [-0.2, 0) is 61.9 Å². The lowest BCUT2D eigenvalue weighted by molar-refractivity contribution is -0.388. The molecular formula is C74H133N3O29. The van der Waals surface area contributed by atoms with E-state index in [4.69, 9.17) is 37.9 Å². The Morgan fingerprint density at radius 3 is 1.39 bits per heavy atom. The molecule has 0 saturated carbocycles. The minimum Gasteiger partial charge on any atom is -0.477 e. The number of allylic oxidation sites excluding steroid dienone is 1. The number of hydrogen-bond donors (Lipinski definition) is 19. The molecule has 19 N–H and O–H groups in total. The van der Waals surface area contributed by atoms with Crippen molar-refractivity contribution in [3.8, 4) is 0 Å². The monoisotopic (exact) mass is 1530 g/mol. The Bertz CT molecular complexity index is 2480. The van der Waals surface area contributed by atoms with Gasteiger partial charge in [0.1, 0.15) is 85.5 Å². The summed E-state index contributed by atoms with van der Waals surface area (Å²) in [5.74, 6) is -13.1. The molecular weight excluding hydrogens is 1390 g/mol. The lowest BCUT2D eigenvalue weighted by Gasteiger charge is -2.51. The fraction of sp³-hybridized carbons (Fsp3) is 0.905. The SMILES string of the molecule is CCCCCCCCCCCCCC=C[C@@H](O)[C@H](CO[C@@H]1O[C@H](CO)[C@@H](O[C@@H]2O[C@H](CO)[C@H](O)[C@H](O[C@]3(C(=O)O)C[C@H](O)[C@@H](NC(C)=O)C([C@H](O)[C@@H](CO)O[C@]4(C(=O)O)C[C@H](O)[C@@H](NC(C)=O)C([C@H](O)[C@H](O)CO)O4)O3)[C@H]2O)[C@H](O)C1O)NC(=O)CCCCCCCCCCCCCCCCCCCCC. The van der Waals surface area contributed by atoms with E-state index in [2.05, 4.69) is 29.8 Å². The number of carboxylic acid groups (broad SMARTS) is 2. The van der Waals surface area contributed by atoms with Crippen LogP contribution in [0.2, 0.25) is 0 Å². The molecule has 3 amide bonds. The van der Waals surface area contributed by atoms with Crippen molar-refractivity contribution in [1.29, 1.82) is 0 Å². The average molecular weight is 1530 g/mol. The van der Waals surface area contributed by atoms with Crippen molar-refractivity contribution in [2.24, 2.45) is 0 Å². The van der Waals surface area contributed by atoms with Crippen LogP contribution in [0.15, 0.2) is 12.2 Å². The van der Waals surface area contributed by atoms with E-state index in [0.717, 1.165) is 65.2 Å². The van der Waals surface area contributed by atoms with Crippen molar-refractivity contribution >= 4 is 29.7 Å². The topological polar surface area (TPSA) is 519 Å². The van der Waals surface area contributed by atoms with E-state index >= 15 is 0 Å². The molecule has 0 aromatic heterocycles. The Balaban J connectivity index is 1.46. The number of nitrogens with one attached hydrogen (secondary N) is 3. The Morgan fingerprint density at radius 1 is 0.509 bits per heavy atom. The van der Waals surface area contributed by atoms with Gasteiger partial charge in [0.15, 0.2) is 12.6 Å². The molecule has 4 rings (SSSR count). The third-order valence-corrected chi connectivity index (χ3v) is 20.5. The van der Waals surface area contributed by atoms with Gasteiger partial charge in [-0.3, -0.25) is 14.4 Å². The molecule has 0 aromatic carbocycles. The third kappa shape index (κ3) is 30.7. The fourth-order valence-electron chi connectivity index (χ4n) is 14.2. The first kappa shape index (κ1) is 94.6. The van der Waals surface area contributed by atoms with Crippen LogP contribution in [0.1, 0.15) is 246 Å². The summed E-state index contributed by atoms with van der Waals surface area (Å²) >= 11 is 0. The molecule has 0 aliphatic carbocycles. The summed E-state index contributed by atoms with van der Waals surface area (Å²) in [7, 11) is 0. The maximum atomic E-state index is 13.6. The number of carboxylic acids is 2. The van der Waals surface area contributed by atoms with Crippen LogP contribution in [0.4, 0.5) is 0 Å². The number of rotatable bonds is 56. The minimum atomic E-state index is -3.39. The van der Waals surface area contributed by atoms with Crippen LogP contribution < -0.4 is 16.0 Å². The second-order valence-electron chi connectivity index (χ2n) is 29.3. The van der Waals surface area contributed by atoms with Gasteiger partial charge in [0, 0.05) is 33.1 Å². The van der Waals surface area contributed by atoms with Crippen molar-refractivity contribution in [2.75, 3.05) is 33.0 Å². The number of hydrogen-bond acceptors (Lipinski definition) is 27. The minimum absolute atomic E-state index is 0.156. The molecule has 32 nitrogen and oxygen atoms in total. The van der Waals surface area contributed by atoms with Gasteiger partial charge in [0.05, 0.1) is 69.5 Å². The fourth-order valence-corrected chi connectivity index (χ4v) is 14.2. The highest BCUT2D eigenvalue weighted by molar-refractivity contribution is 5.78. The normalized spacial score (nSPS) is 31.0. The molecule has 4 heterocycles. The maximum absolute atomic E-state index is 13.6. The van der Waals surface area contributed by atoms with E-state index in [-0.39, 0.29) is 12.3 Å². The molecule has 4 fully saturated rings. The maximum Gasteiger partial charge on any atom is 0.364 e. The van der Waals surface area contributed by atoms with Crippen molar-refractivity contribution < 1.29 is 144 Å². The van der Waals surface area contributed by atoms with Gasteiger partial charge in [-0.2, -0.15) is 0 Å². The zero-order chi connectivity index (χ0) is 78.4. The average Bonchev–Trinajstić information content (AvgIpc) is 0.766. The second-order valence-corrected chi connectivity index (χ2v) is 29.3. The molecule has 0 spiro atoms. The van der Waals surface area contributed by atoms with Crippen LogP contribution in [0.5, 0.6) is 0 Å². The highest BCUT2D eigenvalue weighted by atomic mass is 16.8. The van der Waals surface area contributed by atoms with E-state index in [0.29, 0.717) is 12.8 Å². The summed E-state index contributed by atoms with van der Waals surface area (Å²) in [5.41, 5.74) is 0. The predicted molar refractivity (Wildman–Crippen MR) is 381 cm³/mol. The first-order valence-corrected chi connectivity index (χ1v) is 39.2. The van der Waals surface area contributed by atoms with Crippen molar-refractivity contribution in [3.63, 3.8) is 0 Å². The Kier molecular flexibility index (Phi) is 45.5. The number of aliphatic hydroxyl groups excluding tert-OH is 14. The van der Waals surface area contributed by atoms with Gasteiger partial charge >= 0.3 is 11.9 Å². The number of carbonyl (C=O) groups excluding carboxylic acids is 3. The quantitative estimate of drug-likeness (QED) is 0.0305. The van der Waals surface area contributed by atoms with Gasteiger partial charge in [-0.15, -0.1) is 0 Å². The summed E-state index contributed by atoms with van der Waals surface area (Å²) in [5, 5.41) is 185. The van der Waals surface area contributed by atoms with E-state index in [1.165, 1.54) is 135 Å². The smallest absolute Gasteiger partial charge is 0.364 e. The summed E-state index contributed by atoms with van der Waals surface area (Å²) in [6.45, 7) is 1.13. The highest BCUT2D eigenvalue weighted by Crippen LogP contribution is 2.41. The zero-order valence-electron chi connectivity index (χ0n) is 62.9. The summed E-state index contributed by atoms with van der Waals surface area (Å²) in [6.07, 6.45) is -2.84. The van der Waals surface area contributed by atoms with Crippen LogP contribution in [0, 0.1) is 0 Å². The van der Waals surface area contributed by atoms with Gasteiger partial charge in [-0.1, -0.05) is 206 Å². The van der Waals surface area contributed by atoms with E-state index in [1.54, 1.807) is 6.08 Å². The molecule has 4 saturated heterocycles. The first-order valence-electron chi connectivity index (χ1n) is 39.2. The second kappa shape index (κ2) is 51.0. The molecule has 24 atom stereocenters. The summed E-state index contributed by atoms with van der Waals surface area (Å²) in [6, 6.07) is -4.73. The van der Waals surface area contributed by atoms with Crippen molar-refractivity contribution in [1.82, 2.24) is 16.0 Å². The number of aliphatic carboxylic acids is 2. The van der Waals surface area contributed by atoms with E-state index < -0.39 is 216 Å². The molecule has 618 valence electrons. The van der Waals surface area contributed by atoms with E-state index in [9.17, 15) is 106 Å². The van der Waals surface area contributed by atoms with Crippen LogP contribution in [-0.4, -0.2) is 290 Å². The lowest BCUT2D eigenvalue weighted by Crippen LogP contribution is -2.72.